The number of thiophene rings is 1. The van der Waals surface area contributed by atoms with Gasteiger partial charge in [-0.1, -0.05) is 35.9 Å². The third-order valence-electron chi connectivity index (χ3n) is 5.59. The molecule has 0 fully saturated rings. The number of rotatable bonds is 5. The van der Waals surface area contributed by atoms with Gasteiger partial charge in [0.05, 0.1) is 18.1 Å². The monoisotopic (exact) mass is 456 g/mol. The third-order valence-corrected chi connectivity index (χ3v) is 6.84. The number of benzene rings is 3. The lowest BCUT2D eigenvalue weighted by Gasteiger charge is -2.08. The van der Waals surface area contributed by atoms with Crippen LogP contribution in [0, 0.1) is 11.3 Å². The highest BCUT2D eigenvalue weighted by Gasteiger charge is 2.15. The predicted octanol–water partition coefficient (Wildman–Crippen LogP) is 6.72. The molecule has 5 rings (SSSR count). The number of nitriles is 1. The Bertz CT molecular complexity index is 1540. The second-order valence-electron chi connectivity index (χ2n) is 7.68. The van der Waals surface area contributed by atoms with Crippen molar-refractivity contribution in [1.82, 2.24) is 4.57 Å². The average molecular weight is 457 g/mol. The Morgan fingerprint density at radius 3 is 2.69 bits per heavy atom. The summed E-state index contributed by atoms with van der Waals surface area (Å²) < 4.78 is 3.27. The summed E-state index contributed by atoms with van der Waals surface area (Å²) in [6.45, 7) is 0.609. The fourth-order valence-electron chi connectivity index (χ4n) is 4.11. The molecule has 0 radical (unpaired) electrons. The van der Waals surface area contributed by atoms with E-state index >= 15 is 0 Å². The van der Waals surface area contributed by atoms with Gasteiger partial charge in [0.1, 0.15) is 0 Å². The van der Waals surface area contributed by atoms with Crippen LogP contribution in [0.3, 0.4) is 0 Å². The molecule has 0 saturated carbocycles. The minimum Gasteiger partial charge on any atom is -0.481 e. The van der Waals surface area contributed by atoms with Crippen LogP contribution in [0.5, 0.6) is 0 Å². The smallest absolute Gasteiger partial charge is 0.307 e. The Labute approximate surface area is 193 Å². The van der Waals surface area contributed by atoms with Gasteiger partial charge in [-0.25, -0.2) is 0 Å². The number of aromatic nitrogens is 1. The third kappa shape index (κ3) is 3.75. The normalized spacial score (nSPS) is 11.1. The first-order chi connectivity index (χ1) is 15.5. The summed E-state index contributed by atoms with van der Waals surface area (Å²) in [5, 5.41) is 23.5. The van der Waals surface area contributed by atoms with Crippen molar-refractivity contribution in [3.8, 4) is 17.2 Å². The Kier molecular flexibility index (Phi) is 5.18. The fraction of sp³-hybridized carbons (Fsp3) is 0.0769. The van der Waals surface area contributed by atoms with Crippen molar-refractivity contribution in [3.63, 3.8) is 0 Å². The SMILES string of the molecule is N#Cc1cccc(-c2ccc3c(CC(=O)O)cn(Cc4csc5ccc(Cl)cc45)c3c2)c1. The van der Waals surface area contributed by atoms with E-state index < -0.39 is 5.97 Å². The van der Waals surface area contributed by atoms with E-state index in [2.05, 4.69) is 22.1 Å². The van der Waals surface area contributed by atoms with E-state index in [-0.39, 0.29) is 6.42 Å². The maximum atomic E-state index is 11.5. The molecule has 5 aromatic rings. The molecule has 0 aliphatic carbocycles. The van der Waals surface area contributed by atoms with Gasteiger partial charge >= 0.3 is 5.97 Å². The zero-order chi connectivity index (χ0) is 22.2. The van der Waals surface area contributed by atoms with Crippen molar-refractivity contribution in [1.29, 1.82) is 5.26 Å². The zero-order valence-corrected chi connectivity index (χ0v) is 18.5. The zero-order valence-electron chi connectivity index (χ0n) is 16.9. The number of fused-ring (bicyclic) bond motifs is 2. The number of halogens is 1. The lowest BCUT2D eigenvalue weighted by molar-refractivity contribution is -0.136. The summed E-state index contributed by atoms with van der Waals surface area (Å²) in [4.78, 5) is 11.5. The van der Waals surface area contributed by atoms with Gasteiger partial charge in [0.25, 0.3) is 0 Å². The quantitative estimate of drug-likeness (QED) is 0.319. The molecule has 0 unspecified atom stereocenters. The van der Waals surface area contributed by atoms with E-state index in [1.54, 1.807) is 17.4 Å². The van der Waals surface area contributed by atoms with Crippen molar-refractivity contribution >= 4 is 49.9 Å². The lowest BCUT2D eigenvalue weighted by atomic mass is 10.0. The topological polar surface area (TPSA) is 66.0 Å². The Balaban J connectivity index is 1.65. The van der Waals surface area contributed by atoms with Gasteiger partial charge in [-0.2, -0.15) is 5.26 Å². The average Bonchev–Trinajstić information content (AvgIpc) is 3.34. The molecule has 0 atom stereocenters. The highest BCUT2D eigenvalue weighted by molar-refractivity contribution is 7.17. The molecule has 2 heterocycles. The maximum Gasteiger partial charge on any atom is 0.307 e. The number of carbonyl (C=O) groups is 1. The molecule has 32 heavy (non-hydrogen) atoms. The van der Waals surface area contributed by atoms with Crippen molar-refractivity contribution in [2.45, 2.75) is 13.0 Å². The fourth-order valence-corrected chi connectivity index (χ4v) is 5.22. The maximum absolute atomic E-state index is 11.5. The summed E-state index contributed by atoms with van der Waals surface area (Å²) >= 11 is 7.90. The Hall–Kier alpha value is -3.59. The van der Waals surface area contributed by atoms with Crippen molar-refractivity contribution in [3.05, 3.63) is 94.0 Å². The molecule has 2 aromatic heterocycles. The minimum atomic E-state index is -0.859. The van der Waals surface area contributed by atoms with Gasteiger partial charge in [0.2, 0.25) is 0 Å². The molecule has 0 aliphatic heterocycles. The van der Waals surface area contributed by atoms with Crippen LogP contribution in [0.2, 0.25) is 5.02 Å². The summed E-state index contributed by atoms with van der Waals surface area (Å²) in [5.41, 5.74) is 5.42. The van der Waals surface area contributed by atoms with Gasteiger partial charge in [-0.15, -0.1) is 11.3 Å². The molecule has 0 aliphatic rings. The van der Waals surface area contributed by atoms with E-state index in [0.29, 0.717) is 17.1 Å². The number of nitrogens with zero attached hydrogens (tertiary/aromatic N) is 2. The molecule has 6 heteroatoms. The number of aliphatic carboxylic acids is 1. The summed E-state index contributed by atoms with van der Waals surface area (Å²) in [6, 6.07) is 21.6. The van der Waals surface area contributed by atoms with Crippen LogP contribution in [-0.4, -0.2) is 15.6 Å². The number of hydrogen-bond donors (Lipinski definition) is 1. The van der Waals surface area contributed by atoms with Crippen LogP contribution in [-0.2, 0) is 17.8 Å². The van der Waals surface area contributed by atoms with Gasteiger partial charge < -0.3 is 9.67 Å². The molecule has 4 nitrogen and oxygen atoms in total. The number of hydrogen-bond acceptors (Lipinski definition) is 3. The van der Waals surface area contributed by atoms with Gasteiger partial charge in [-0.05, 0) is 69.4 Å². The molecular formula is C26H17ClN2O2S. The second kappa shape index (κ2) is 8.16. The van der Waals surface area contributed by atoms with E-state index in [1.165, 1.54) is 4.70 Å². The predicted molar refractivity (Wildman–Crippen MR) is 129 cm³/mol. The summed E-state index contributed by atoms with van der Waals surface area (Å²) in [5.74, 6) is -0.859. The number of carboxylic acid groups (broad SMARTS) is 1. The van der Waals surface area contributed by atoms with Crippen LogP contribution in [0.15, 0.2) is 72.2 Å². The van der Waals surface area contributed by atoms with E-state index in [1.807, 2.05) is 54.7 Å². The largest absolute Gasteiger partial charge is 0.481 e. The number of carboxylic acids is 1. The van der Waals surface area contributed by atoms with Crippen molar-refractivity contribution in [2.75, 3.05) is 0 Å². The van der Waals surface area contributed by atoms with Gasteiger partial charge in [-0.3, -0.25) is 4.79 Å². The van der Waals surface area contributed by atoms with Gasteiger partial charge in [0.15, 0.2) is 0 Å². The first kappa shape index (κ1) is 20.3. The molecule has 0 spiro atoms. The van der Waals surface area contributed by atoms with Crippen LogP contribution >= 0.6 is 22.9 Å². The molecule has 156 valence electrons. The van der Waals surface area contributed by atoms with E-state index in [9.17, 15) is 15.2 Å². The first-order valence-corrected chi connectivity index (χ1v) is 11.3. The lowest BCUT2D eigenvalue weighted by Crippen LogP contribution is -2.00. The summed E-state index contributed by atoms with van der Waals surface area (Å²) in [6.07, 6.45) is 1.89. The highest BCUT2D eigenvalue weighted by Crippen LogP contribution is 2.33. The Morgan fingerprint density at radius 2 is 1.88 bits per heavy atom. The van der Waals surface area contributed by atoms with Crippen LogP contribution in [0.1, 0.15) is 16.7 Å². The van der Waals surface area contributed by atoms with E-state index in [4.69, 9.17) is 11.6 Å². The molecule has 1 N–H and O–H groups in total. The molecule has 0 bridgehead atoms. The van der Waals surface area contributed by atoms with Crippen molar-refractivity contribution < 1.29 is 9.90 Å². The molecule has 0 amide bonds. The molecule has 0 saturated heterocycles. The Morgan fingerprint density at radius 1 is 1.03 bits per heavy atom. The molecule has 3 aromatic carbocycles. The van der Waals surface area contributed by atoms with Gasteiger partial charge in [0, 0.05) is 33.4 Å². The first-order valence-electron chi connectivity index (χ1n) is 10.0. The minimum absolute atomic E-state index is 0.0387. The van der Waals surface area contributed by atoms with Crippen LogP contribution < -0.4 is 0 Å². The standard InChI is InChI=1S/C26H17ClN2O2S/c27-21-5-7-25-23(11-21)20(15-32-25)14-29-13-19(10-26(30)31)22-6-4-18(9-24(22)29)17-3-1-2-16(8-17)12-28/h1-9,11,13,15H,10,14H2,(H,30,31). The molecular weight excluding hydrogens is 440 g/mol. The highest BCUT2D eigenvalue weighted by atomic mass is 35.5. The van der Waals surface area contributed by atoms with Crippen LogP contribution in [0.4, 0.5) is 0 Å². The van der Waals surface area contributed by atoms with Crippen LogP contribution in [0.25, 0.3) is 32.1 Å². The van der Waals surface area contributed by atoms with Crippen molar-refractivity contribution in [2.24, 2.45) is 0 Å². The summed E-state index contributed by atoms with van der Waals surface area (Å²) in [7, 11) is 0. The van der Waals surface area contributed by atoms with E-state index in [0.717, 1.165) is 38.5 Å². The second-order valence-corrected chi connectivity index (χ2v) is 9.03.